The van der Waals surface area contributed by atoms with Gasteiger partial charge in [0.2, 0.25) is 0 Å². The van der Waals surface area contributed by atoms with Gasteiger partial charge in [0.25, 0.3) is 0 Å². The number of ketones is 1. The first-order valence-electron chi connectivity index (χ1n) is 34.8. The summed E-state index contributed by atoms with van der Waals surface area (Å²) in [5.74, 6) is -1.39. The third-order valence-corrected chi connectivity index (χ3v) is 24.2. The molecule has 0 aromatic heterocycles. The van der Waals surface area contributed by atoms with Crippen molar-refractivity contribution in [3.63, 3.8) is 0 Å². The molecule has 0 aromatic carbocycles. The van der Waals surface area contributed by atoms with Crippen LogP contribution in [0.4, 0.5) is 0 Å². The molecule has 0 aromatic rings. The number of Topliss-reactive ketones (excluding diaryl/α,β-unsaturated/α-hetero) is 1. The average molecular weight is 1440 g/mol. The summed E-state index contributed by atoms with van der Waals surface area (Å²) in [5.41, 5.74) is -3.71. The van der Waals surface area contributed by atoms with Crippen molar-refractivity contribution in [3.05, 3.63) is 23.3 Å². The van der Waals surface area contributed by atoms with E-state index in [0.717, 1.165) is 11.1 Å². The highest BCUT2D eigenvalue weighted by Crippen LogP contribution is 2.74. The maximum Gasteiger partial charge on any atom is 0.314 e. The summed E-state index contributed by atoms with van der Waals surface area (Å²) in [7, 11) is 2.38. The summed E-state index contributed by atoms with van der Waals surface area (Å²) in [5, 5.41) is 177. The van der Waals surface area contributed by atoms with Crippen molar-refractivity contribution in [2.45, 2.75) is 296 Å². The fourth-order valence-corrected chi connectivity index (χ4v) is 18.5. The average Bonchev–Trinajstić information content (AvgIpc) is 1.41. The van der Waals surface area contributed by atoms with E-state index in [1.165, 1.54) is 21.1 Å². The molecule has 1 unspecified atom stereocenters. The molecule has 0 amide bonds. The zero-order valence-corrected chi connectivity index (χ0v) is 57.8. The van der Waals surface area contributed by atoms with Gasteiger partial charge in [-0.2, -0.15) is 0 Å². The van der Waals surface area contributed by atoms with Crippen LogP contribution in [0.5, 0.6) is 0 Å². The highest BCUT2D eigenvalue weighted by molar-refractivity contribution is 6.00. The number of carbonyl (C=O) groups is 2. The van der Waals surface area contributed by atoms with Crippen molar-refractivity contribution in [1.29, 1.82) is 0 Å². The van der Waals surface area contributed by atoms with Crippen LogP contribution in [0.3, 0.4) is 0 Å². The monoisotopic (exact) mass is 1440 g/mol. The van der Waals surface area contributed by atoms with E-state index < -0.39 is 256 Å². The number of rotatable bonds is 23. The number of ether oxygens (including phenoxy) is 15. The number of methoxy groups -OCH3 is 2. The molecule has 7 heterocycles. The first-order valence-corrected chi connectivity index (χ1v) is 34.8. The molecule has 16 N–H and O–H groups in total. The molecular weight excluding hydrogens is 1330 g/mol. The van der Waals surface area contributed by atoms with E-state index in [4.69, 9.17) is 71.1 Å². The Morgan fingerprint density at radius 3 is 1.68 bits per heavy atom. The minimum Gasteiger partial charge on any atom is -0.458 e. The molecule has 100 heavy (non-hydrogen) atoms. The van der Waals surface area contributed by atoms with Gasteiger partial charge in [0.1, 0.15) is 140 Å². The number of esters is 1. The van der Waals surface area contributed by atoms with Crippen LogP contribution in [0.2, 0.25) is 0 Å². The van der Waals surface area contributed by atoms with Gasteiger partial charge in [-0.1, -0.05) is 39.8 Å². The summed E-state index contributed by atoms with van der Waals surface area (Å²) in [4.78, 5) is 29.2. The Morgan fingerprint density at radius 2 is 1.09 bits per heavy atom. The lowest BCUT2D eigenvalue weighted by molar-refractivity contribution is -0.394. The van der Waals surface area contributed by atoms with Crippen molar-refractivity contribution in [3.8, 4) is 0 Å². The van der Waals surface area contributed by atoms with Gasteiger partial charge in [0.15, 0.2) is 37.7 Å². The summed E-state index contributed by atoms with van der Waals surface area (Å²) in [6, 6.07) is 0. The molecule has 0 radical (unpaired) electrons. The van der Waals surface area contributed by atoms with Crippen molar-refractivity contribution in [2.24, 2.45) is 33.5 Å². The standard InChI is InChI=1S/C67H106O33/c1-27-48(96-55-44(80)49(31(73)25-88-55)97-58-45(81)50(86-8)38(74)32(22-69)92-58)42(78)43(79)56(90-27)99-53-41(77)35(94-57-47(83)52(40(76)34(24-71)91-57)98-59-46(82)51(87-9)39(75)33(23-70)93-59)26-89-60(53)95-37-14-17-64(5)28-13-18-67-54(66(7,100-61(67)84)16-10-15-63(4,85)19-20-68)30(72)21-65(67,6)29(28)11-12-36(64)62(37,2)3/h11,13,27,31-60,68-71,73-83,85H,10,12,14-26H2,1-9H3/t27-,31-,32-,33-,34-,35-,36+,37+,38-,39-,40-,41+,42-,43-,44-,45-,46-,47-,48-,49+,50+,51+,52+,53-,54+,55+,56+,57+,58+,59+,60+,63?,64-,65-,66-,67-/m1/s1. The second kappa shape index (κ2) is 30.2. The summed E-state index contributed by atoms with van der Waals surface area (Å²) >= 11 is 0. The molecule has 7 saturated heterocycles. The molecule has 2 saturated carbocycles. The number of aliphatic hydroxyl groups excluding tert-OH is 15. The van der Waals surface area contributed by atoms with Gasteiger partial charge >= 0.3 is 5.97 Å². The lowest BCUT2D eigenvalue weighted by Gasteiger charge is -2.61. The Morgan fingerprint density at radius 1 is 0.560 bits per heavy atom. The van der Waals surface area contributed by atoms with Crippen molar-refractivity contribution < 1.29 is 162 Å². The number of hydrogen-bond acceptors (Lipinski definition) is 33. The lowest BCUT2D eigenvalue weighted by Crippen LogP contribution is -2.67. The molecule has 4 aliphatic carbocycles. The SMILES string of the molecule is CO[C@@H]1[C@@H](O)[C@H](O[C@@H]2[C@@H](O)[C@H](O[C@@H]3CO[C@@H](O[C@H]4CC[C@]5(C)C6=CC[C@]78C(=O)O[C@](C)(CCCC(C)(O)CCO)[C@@H]7C(=O)C[C@]8(C)C6=CC[C@H]5C4(C)C)[C@H](O[C@@H]4O[C@H](C)[C@@H](O[C@@H]5OC[C@@H](O)[C@H](O[C@@H]6O[C@H](CO)[C@@H](O)[C@H](OC)[C@H]6O)[C@H]5O)[C@H](O)[C@H]4O)[C@H]3O)O[C@H](CO)[C@H]2O)O[C@H](CO)[C@H]1O. The van der Waals surface area contributed by atoms with Gasteiger partial charge < -0.3 is 153 Å². The number of allylic oxidation sites excluding steroid dienone is 4. The van der Waals surface area contributed by atoms with Crippen LogP contribution in [0, 0.1) is 33.5 Å². The Bertz CT molecular complexity index is 2890. The predicted octanol–water partition coefficient (Wildman–Crippen LogP) is -4.79. The van der Waals surface area contributed by atoms with Crippen molar-refractivity contribution >= 4 is 11.8 Å². The van der Waals surface area contributed by atoms with Gasteiger partial charge in [-0.05, 0) is 100 Å². The summed E-state index contributed by atoms with van der Waals surface area (Å²) in [6.45, 7) is 9.53. The summed E-state index contributed by atoms with van der Waals surface area (Å²) in [6.07, 6.45) is -39.9. The molecule has 33 heteroatoms. The fourth-order valence-electron chi connectivity index (χ4n) is 18.5. The highest BCUT2D eigenvalue weighted by atomic mass is 16.8. The third kappa shape index (κ3) is 13.7. The van der Waals surface area contributed by atoms with Crippen LogP contribution in [0.15, 0.2) is 23.3 Å². The molecule has 36 atom stereocenters. The van der Waals surface area contributed by atoms with E-state index in [0.29, 0.717) is 38.5 Å². The van der Waals surface area contributed by atoms with E-state index in [2.05, 4.69) is 19.1 Å². The normalized spacial score (nSPS) is 50.8. The molecule has 11 aliphatic rings. The molecule has 9 fully saturated rings. The van der Waals surface area contributed by atoms with E-state index in [9.17, 15) is 91.3 Å². The smallest absolute Gasteiger partial charge is 0.314 e. The van der Waals surface area contributed by atoms with Crippen LogP contribution >= 0.6 is 0 Å². The van der Waals surface area contributed by atoms with Gasteiger partial charge in [-0.25, -0.2) is 0 Å². The first-order chi connectivity index (χ1) is 47.1. The van der Waals surface area contributed by atoms with Crippen molar-refractivity contribution in [1.82, 2.24) is 0 Å². The Balaban J connectivity index is 0.829. The van der Waals surface area contributed by atoms with Gasteiger partial charge in [-0.15, -0.1) is 0 Å². The van der Waals surface area contributed by atoms with E-state index in [-0.39, 0.29) is 37.6 Å². The van der Waals surface area contributed by atoms with Crippen LogP contribution in [0.1, 0.15) is 106 Å². The largest absolute Gasteiger partial charge is 0.458 e. The molecule has 7 aliphatic heterocycles. The first kappa shape index (κ1) is 78.5. The lowest BCUT2D eigenvalue weighted by atomic mass is 9.44. The van der Waals surface area contributed by atoms with Crippen LogP contribution < -0.4 is 0 Å². The van der Waals surface area contributed by atoms with Gasteiger partial charge in [-0.3, -0.25) is 9.59 Å². The number of aliphatic hydroxyl groups is 16. The van der Waals surface area contributed by atoms with Crippen LogP contribution in [0.25, 0.3) is 0 Å². The molecule has 1 spiro atoms. The van der Waals surface area contributed by atoms with E-state index in [1.54, 1.807) is 6.92 Å². The molecule has 33 nitrogen and oxygen atoms in total. The second-order valence-corrected chi connectivity index (χ2v) is 30.8. The topological polar surface area (TPSA) is 496 Å². The van der Waals surface area contributed by atoms with Gasteiger partial charge in [0.05, 0.1) is 62.2 Å². The minimum atomic E-state index is -2.05. The zero-order chi connectivity index (χ0) is 72.8. The van der Waals surface area contributed by atoms with E-state index >= 15 is 0 Å². The molecule has 0 bridgehead atoms. The fraction of sp³-hybridized carbons (Fsp3) is 0.910. The number of hydrogen-bond donors (Lipinski definition) is 16. The Kier molecular flexibility index (Phi) is 23.7. The zero-order valence-electron chi connectivity index (χ0n) is 57.8. The van der Waals surface area contributed by atoms with Crippen LogP contribution in [-0.4, -0.2) is 337 Å². The summed E-state index contributed by atoms with van der Waals surface area (Å²) < 4.78 is 89.8. The number of carbonyl (C=O) groups excluding carboxylic acids is 2. The minimum absolute atomic E-state index is 0.0616. The van der Waals surface area contributed by atoms with Crippen molar-refractivity contribution in [2.75, 3.05) is 53.9 Å². The molecule has 572 valence electrons. The number of cyclic esters (lactones) is 1. The molecule has 11 rings (SSSR count). The van der Waals surface area contributed by atoms with Crippen LogP contribution in [-0.2, 0) is 80.6 Å². The Hall–Kier alpha value is -2.58. The predicted molar refractivity (Wildman–Crippen MR) is 332 cm³/mol. The Labute approximate surface area is 578 Å². The highest BCUT2D eigenvalue weighted by Gasteiger charge is 2.78. The number of fused-ring (bicyclic) bond motifs is 4. The molecular formula is C67H106O33. The maximum atomic E-state index is 14.6. The third-order valence-electron chi connectivity index (χ3n) is 24.2. The quantitative estimate of drug-likeness (QED) is 0.0427. The second-order valence-electron chi connectivity index (χ2n) is 30.8. The van der Waals surface area contributed by atoms with E-state index in [1.807, 2.05) is 27.7 Å². The maximum absolute atomic E-state index is 14.6. The van der Waals surface area contributed by atoms with Gasteiger partial charge in [0, 0.05) is 32.7 Å².